The van der Waals surface area contributed by atoms with E-state index >= 15 is 0 Å². The molecule has 5 nitrogen and oxygen atoms in total. The van der Waals surface area contributed by atoms with E-state index in [-0.39, 0.29) is 5.91 Å². The number of anilines is 3. The SMILES string of the molecule is CNc1ccnc(C(=O)N2CCN(C)c3ccccc32)c1. The van der Waals surface area contributed by atoms with Crippen LogP contribution in [0, 0.1) is 0 Å². The van der Waals surface area contributed by atoms with Gasteiger partial charge in [0.15, 0.2) is 0 Å². The van der Waals surface area contributed by atoms with Crippen molar-refractivity contribution in [2.75, 3.05) is 42.3 Å². The van der Waals surface area contributed by atoms with Crippen molar-refractivity contribution in [3.63, 3.8) is 0 Å². The van der Waals surface area contributed by atoms with Crippen molar-refractivity contribution in [3.05, 3.63) is 48.3 Å². The molecule has 0 bridgehead atoms. The van der Waals surface area contributed by atoms with Gasteiger partial charge >= 0.3 is 0 Å². The molecule has 0 spiro atoms. The topological polar surface area (TPSA) is 48.5 Å². The van der Waals surface area contributed by atoms with Crippen LogP contribution in [-0.4, -0.2) is 38.1 Å². The summed E-state index contributed by atoms with van der Waals surface area (Å²) in [5.41, 5.74) is 3.35. The molecule has 0 atom stereocenters. The number of carbonyl (C=O) groups is 1. The van der Waals surface area contributed by atoms with Gasteiger partial charge in [-0.25, -0.2) is 0 Å². The number of benzene rings is 1. The van der Waals surface area contributed by atoms with E-state index in [1.165, 1.54) is 0 Å². The molecule has 0 saturated carbocycles. The van der Waals surface area contributed by atoms with Gasteiger partial charge in [-0.05, 0) is 24.3 Å². The molecule has 2 aromatic rings. The Hall–Kier alpha value is -2.56. The van der Waals surface area contributed by atoms with Crippen LogP contribution in [0.5, 0.6) is 0 Å². The number of fused-ring (bicyclic) bond motifs is 1. The highest BCUT2D eigenvalue weighted by Crippen LogP contribution is 2.32. The molecule has 0 fully saturated rings. The zero-order valence-electron chi connectivity index (χ0n) is 12.2. The van der Waals surface area contributed by atoms with Gasteiger partial charge in [0.1, 0.15) is 5.69 Å². The second-order valence-electron chi connectivity index (χ2n) is 5.05. The predicted octanol–water partition coefficient (Wildman–Crippen LogP) is 2.22. The van der Waals surface area contributed by atoms with Crippen LogP contribution in [0.3, 0.4) is 0 Å². The molecule has 1 aliphatic heterocycles. The van der Waals surface area contributed by atoms with E-state index in [9.17, 15) is 4.79 Å². The Morgan fingerprint density at radius 3 is 2.71 bits per heavy atom. The number of hydrogen-bond acceptors (Lipinski definition) is 4. The fourth-order valence-corrected chi connectivity index (χ4v) is 2.56. The molecule has 2 heterocycles. The molecule has 1 aromatic carbocycles. The first kappa shape index (κ1) is 13.4. The Labute approximate surface area is 124 Å². The van der Waals surface area contributed by atoms with Crippen molar-refractivity contribution in [2.24, 2.45) is 0 Å². The molecule has 5 heteroatoms. The minimum atomic E-state index is -0.0624. The number of nitrogens with zero attached hydrogens (tertiary/aromatic N) is 3. The van der Waals surface area contributed by atoms with Crippen LogP contribution in [0.4, 0.5) is 17.1 Å². The van der Waals surface area contributed by atoms with Crippen LogP contribution < -0.4 is 15.1 Å². The van der Waals surface area contributed by atoms with Crippen LogP contribution in [0.1, 0.15) is 10.5 Å². The fraction of sp³-hybridized carbons (Fsp3) is 0.250. The molecule has 0 radical (unpaired) electrons. The van der Waals surface area contributed by atoms with Crippen molar-refractivity contribution < 1.29 is 4.79 Å². The summed E-state index contributed by atoms with van der Waals surface area (Å²) in [6.45, 7) is 1.48. The van der Waals surface area contributed by atoms with Gasteiger partial charge in [-0.15, -0.1) is 0 Å². The van der Waals surface area contributed by atoms with Crippen LogP contribution in [0.15, 0.2) is 42.6 Å². The third kappa shape index (κ3) is 2.42. The number of carbonyl (C=O) groups excluding carboxylic acids is 1. The molecular weight excluding hydrogens is 264 g/mol. The average molecular weight is 282 g/mol. The van der Waals surface area contributed by atoms with Crippen molar-refractivity contribution in [2.45, 2.75) is 0 Å². The van der Waals surface area contributed by atoms with Gasteiger partial charge in [0, 0.05) is 39.1 Å². The maximum Gasteiger partial charge on any atom is 0.277 e. The molecule has 21 heavy (non-hydrogen) atoms. The number of nitrogens with one attached hydrogen (secondary N) is 1. The summed E-state index contributed by atoms with van der Waals surface area (Å²) in [5, 5.41) is 3.03. The predicted molar refractivity (Wildman–Crippen MR) is 85.2 cm³/mol. The zero-order chi connectivity index (χ0) is 14.8. The molecule has 1 N–H and O–H groups in total. The van der Waals surface area contributed by atoms with Gasteiger partial charge in [0.05, 0.1) is 11.4 Å². The van der Waals surface area contributed by atoms with Gasteiger partial charge in [-0.1, -0.05) is 12.1 Å². The summed E-state index contributed by atoms with van der Waals surface area (Å²) in [5.74, 6) is -0.0624. The summed E-state index contributed by atoms with van der Waals surface area (Å²) in [6.07, 6.45) is 1.65. The Bertz CT molecular complexity index is 671. The van der Waals surface area contributed by atoms with Crippen LogP contribution in [-0.2, 0) is 0 Å². The van der Waals surface area contributed by atoms with Crippen molar-refractivity contribution >= 4 is 23.0 Å². The number of pyridine rings is 1. The highest BCUT2D eigenvalue weighted by molar-refractivity contribution is 6.07. The maximum absolute atomic E-state index is 12.8. The third-order valence-corrected chi connectivity index (χ3v) is 3.76. The van der Waals surface area contributed by atoms with E-state index in [0.29, 0.717) is 12.2 Å². The number of amides is 1. The summed E-state index contributed by atoms with van der Waals surface area (Å²) in [6, 6.07) is 11.6. The third-order valence-electron chi connectivity index (χ3n) is 3.76. The van der Waals surface area contributed by atoms with Crippen LogP contribution in [0.2, 0.25) is 0 Å². The molecule has 0 unspecified atom stereocenters. The van der Waals surface area contributed by atoms with E-state index in [4.69, 9.17) is 0 Å². The Morgan fingerprint density at radius 1 is 1.19 bits per heavy atom. The van der Waals surface area contributed by atoms with Gasteiger partial charge in [0.25, 0.3) is 5.91 Å². The quantitative estimate of drug-likeness (QED) is 0.917. The van der Waals surface area contributed by atoms with E-state index < -0.39 is 0 Å². The second-order valence-corrected chi connectivity index (χ2v) is 5.05. The molecule has 0 aliphatic carbocycles. The number of hydrogen-bond donors (Lipinski definition) is 1. The Balaban J connectivity index is 1.97. The Morgan fingerprint density at radius 2 is 1.95 bits per heavy atom. The Kier molecular flexibility index (Phi) is 3.48. The lowest BCUT2D eigenvalue weighted by atomic mass is 10.1. The molecular formula is C16H18N4O. The maximum atomic E-state index is 12.8. The monoisotopic (exact) mass is 282 g/mol. The molecule has 1 aromatic heterocycles. The number of para-hydroxylation sites is 2. The lowest BCUT2D eigenvalue weighted by Gasteiger charge is -2.35. The number of aromatic nitrogens is 1. The molecule has 0 saturated heterocycles. The van der Waals surface area contributed by atoms with Gasteiger partial charge in [-0.3, -0.25) is 9.78 Å². The van der Waals surface area contributed by atoms with Crippen LogP contribution >= 0.6 is 0 Å². The smallest absolute Gasteiger partial charge is 0.277 e. The largest absolute Gasteiger partial charge is 0.388 e. The van der Waals surface area contributed by atoms with Gasteiger partial charge in [0.2, 0.25) is 0 Å². The molecule has 108 valence electrons. The van der Waals surface area contributed by atoms with Crippen molar-refractivity contribution in [1.29, 1.82) is 0 Å². The highest BCUT2D eigenvalue weighted by atomic mass is 16.2. The van der Waals surface area contributed by atoms with E-state index in [0.717, 1.165) is 23.6 Å². The van der Waals surface area contributed by atoms with E-state index in [1.807, 2.05) is 44.4 Å². The fourth-order valence-electron chi connectivity index (χ4n) is 2.56. The average Bonchev–Trinajstić information content (AvgIpc) is 2.55. The normalized spacial score (nSPS) is 13.8. The molecule has 1 aliphatic rings. The molecule has 1 amide bonds. The summed E-state index contributed by atoms with van der Waals surface area (Å²) >= 11 is 0. The lowest BCUT2D eigenvalue weighted by Crippen LogP contribution is -2.42. The van der Waals surface area contributed by atoms with Crippen LogP contribution in [0.25, 0.3) is 0 Å². The zero-order valence-corrected chi connectivity index (χ0v) is 12.2. The molecule has 3 rings (SSSR count). The minimum Gasteiger partial charge on any atom is -0.388 e. The minimum absolute atomic E-state index is 0.0624. The standard InChI is InChI=1S/C16H18N4O/c1-17-12-7-8-18-13(11-12)16(21)20-10-9-19(2)14-5-3-4-6-15(14)20/h3-8,11H,9-10H2,1-2H3,(H,17,18). The first-order valence-electron chi connectivity index (χ1n) is 6.96. The van der Waals surface area contributed by atoms with Gasteiger partial charge in [-0.2, -0.15) is 0 Å². The van der Waals surface area contributed by atoms with Crippen molar-refractivity contribution in [3.8, 4) is 0 Å². The number of likely N-dealkylation sites (N-methyl/N-ethyl adjacent to an activating group) is 1. The lowest BCUT2D eigenvalue weighted by molar-refractivity contribution is 0.0982. The summed E-state index contributed by atoms with van der Waals surface area (Å²) in [4.78, 5) is 20.9. The highest BCUT2D eigenvalue weighted by Gasteiger charge is 2.26. The summed E-state index contributed by atoms with van der Waals surface area (Å²) < 4.78 is 0. The van der Waals surface area contributed by atoms with E-state index in [1.54, 1.807) is 17.2 Å². The first-order chi connectivity index (χ1) is 10.2. The number of rotatable bonds is 2. The van der Waals surface area contributed by atoms with Crippen molar-refractivity contribution in [1.82, 2.24) is 4.98 Å². The summed E-state index contributed by atoms with van der Waals surface area (Å²) in [7, 11) is 3.87. The first-order valence-corrected chi connectivity index (χ1v) is 6.96. The van der Waals surface area contributed by atoms with Gasteiger partial charge < -0.3 is 15.1 Å². The second kappa shape index (κ2) is 5.44. The van der Waals surface area contributed by atoms with E-state index in [2.05, 4.69) is 15.2 Å².